The molecule has 5 nitrogen and oxygen atoms in total. The van der Waals surface area contributed by atoms with Gasteiger partial charge in [0, 0.05) is 13.1 Å². The molecule has 0 radical (unpaired) electrons. The van der Waals surface area contributed by atoms with Crippen LogP contribution in [0, 0.1) is 5.41 Å². The quantitative estimate of drug-likeness (QED) is 0.800. The molecule has 1 saturated heterocycles. The van der Waals surface area contributed by atoms with Gasteiger partial charge in [-0.15, -0.1) is 0 Å². The maximum atomic E-state index is 11.5. The Kier molecular flexibility index (Phi) is 4.15. The molecule has 0 bridgehead atoms. The van der Waals surface area contributed by atoms with E-state index in [0.717, 1.165) is 6.42 Å². The largest absolute Gasteiger partial charge is 0.481 e. The fourth-order valence-corrected chi connectivity index (χ4v) is 2.12. The SMILES string of the molecule is CCOC(=O)N1CCCC(CC)(C(=O)O)C1. The molecular formula is C11H19NO4. The van der Waals surface area contributed by atoms with Gasteiger partial charge in [0.2, 0.25) is 0 Å². The number of piperidine rings is 1. The van der Waals surface area contributed by atoms with Crippen LogP contribution in [0.5, 0.6) is 0 Å². The van der Waals surface area contributed by atoms with Crippen molar-refractivity contribution in [2.75, 3.05) is 19.7 Å². The lowest BCUT2D eigenvalue weighted by molar-refractivity contribution is -0.152. The van der Waals surface area contributed by atoms with Crippen LogP contribution in [0.3, 0.4) is 0 Å². The number of hydrogen-bond donors (Lipinski definition) is 1. The average Bonchev–Trinajstić information content (AvgIpc) is 2.29. The number of likely N-dealkylation sites (tertiary alicyclic amines) is 1. The van der Waals surface area contributed by atoms with Crippen LogP contribution >= 0.6 is 0 Å². The Morgan fingerprint density at radius 3 is 2.62 bits per heavy atom. The van der Waals surface area contributed by atoms with E-state index in [4.69, 9.17) is 4.74 Å². The van der Waals surface area contributed by atoms with E-state index in [1.165, 1.54) is 4.90 Å². The van der Waals surface area contributed by atoms with Crippen LogP contribution in [0.15, 0.2) is 0 Å². The summed E-state index contributed by atoms with van der Waals surface area (Å²) in [4.78, 5) is 24.3. The lowest BCUT2D eigenvalue weighted by atomic mass is 9.78. The van der Waals surface area contributed by atoms with Crippen LogP contribution in [-0.4, -0.2) is 41.8 Å². The van der Waals surface area contributed by atoms with Gasteiger partial charge in [-0.25, -0.2) is 4.79 Å². The molecule has 1 fully saturated rings. The topological polar surface area (TPSA) is 66.8 Å². The highest BCUT2D eigenvalue weighted by molar-refractivity contribution is 5.76. The fraction of sp³-hybridized carbons (Fsp3) is 0.818. The zero-order valence-corrected chi connectivity index (χ0v) is 9.86. The van der Waals surface area contributed by atoms with E-state index in [1.807, 2.05) is 6.92 Å². The van der Waals surface area contributed by atoms with Gasteiger partial charge in [-0.05, 0) is 26.2 Å². The van der Waals surface area contributed by atoms with Crippen LogP contribution in [0.2, 0.25) is 0 Å². The summed E-state index contributed by atoms with van der Waals surface area (Å²) < 4.78 is 4.89. The molecule has 5 heteroatoms. The molecule has 1 atom stereocenters. The molecule has 0 spiro atoms. The van der Waals surface area contributed by atoms with E-state index in [1.54, 1.807) is 6.92 Å². The number of aliphatic carboxylic acids is 1. The molecule has 1 aliphatic rings. The average molecular weight is 229 g/mol. The van der Waals surface area contributed by atoms with Crippen molar-refractivity contribution in [3.63, 3.8) is 0 Å². The van der Waals surface area contributed by atoms with Crippen molar-refractivity contribution in [3.8, 4) is 0 Å². The summed E-state index contributed by atoms with van der Waals surface area (Å²) in [6.07, 6.45) is 1.49. The van der Waals surface area contributed by atoms with E-state index in [-0.39, 0.29) is 6.54 Å². The van der Waals surface area contributed by atoms with E-state index in [2.05, 4.69) is 0 Å². The van der Waals surface area contributed by atoms with E-state index in [0.29, 0.717) is 26.0 Å². The maximum absolute atomic E-state index is 11.5. The zero-order valence-electron chi connectivity index (χ0n) is 9.86. The first kappa shape index (κ1) is 12.8. The molecule has 1 rings (SSSR count). The highest BCUT2D eigenvalue weighted by Crippen LogP contribution is 2.33. The van der Waals surface area contributed by atoms with Crippen molar-refractivity contribution in [1.29, 1.82) is 0 Å². The Hall–Kier alpha value is -1.26. The standard InChI is InChI=1S/C11H19NO4/c1-3-11(9(13)14)6-5-7-12(8-11)10(15)16-4-2/h3-8H2,1-2H3,(H,13,14). The molecule has 1 amide bonds. The third-order valence-corrected chi connectivity index (χ3v) is 3.23. The van der Waals surface area contributed by atoms with Crippen LogP contribution in [0.25, 0.3) is 0 Å². The Morgan fingerprint density at radius 1 is 1.44 bits per heavy atom. The summed E-state index contributed by atoms with van der Waals surface area (Å²) in [6.45, 7) is 4.77. The van der Waals surface area contributed by atoms with Crippen molar-refractivity contribution >= 4 is 12.1 Å². The van der Waals surface area contributed by atoms with Crippen LogP contribution < -0.4 is 0 Å². The second-order valence-electron chi connectivity index (χ2n) is 4.16. The van der Waals surface area contributed by atoms with Gasteiger partial charge in [-0.1, -0.05) is 6.92 Å². The third kappa shape index (κ3) is 2.46. The summed E-state index contributed by atoms with van der Waals surface area (Å²) in [5.41, 5.74) is -0.787. The van der Waals surface area contributed by atoms with Crippen LogP contribution in [0.4, 0.5) is 4.79 Å². The second-order valence-corrected chi connectivity index (χ2v) is 4.16. The van der Waals surface area contributed by atoms with Crippen molar-refractivity contribution in [1.82, 2.24) is 4.90 Å². The number of ether oxygens (including phenoxy) is 1. The molecular weight excluding hydrogens is 210 g/mol. The number of amides is 1. The predicted molar refractivity (Wildman–Crippen MR) is 58.2 cm³/mol. The van der Waals surface area contributed by atoms with Gasteiger partial charge < -0.3 is 14.7 Å². The highest BCUT2D eigenvalue weighted by atomic mass is 16.6. The Balaban J connectivity index is 2.72. The molecule has 1 N–H and O–H groups in total. The molecule has 16 heavy (non-hydrogen) atoms. The Morgan fingerprint density at radius 2 is 2.12 bits per heavy atom. The van der Waals surface area contributed by atoms with E-state index >= 15 is 0 Å². The summed E-state index contributed by atoms with van der Waals surface area (Å²) >= 11 is 0. The molecule has 1 aliphatic heterocycles. The number of hydrogen-bond acceptors (Lipinski definition) is 3. The number of carboxylic acids is 1. The predicted octanol–water partition coefficient (Wildman–Crippen LogP) is 1.72. The number of carboxylic acid groups (broad SMARTS) is 1. The van der Waals surface area contributed by atoms with Crippen molar-refractivity contribution in [3.05, 3.63) is 0 Å². The Bertz CT molecular complexity index is 279. The number of rotatable bonds is 3. The van der Waals surface area contributed by atoms with Gasteiger partial charge in [0.15, 0.2) is 0 Å². The minimum absolute atomic E-state index is 0.262. The van der Waals surface area contributed by atoms with E-state index in [9.17, 15) is 14.7 Å². The molecule has 0 aromatic heterocycles. The maximum Gasteiger partial charge on any atom is 0.409 e. The van der Waals surface area contributed by atoms with E-state index < -0.39 is 17.5 Å². The van der Waals surface area contributed by atoms with Gasteiger partial charge in [0.25, 0.3) is 0 Å². The lowest BCUT2D eigenvalue weighted by Crippen LogP contribution is -2.49. The molecule has 92 valence electrons. The van der Waals surface area contributed by atoms with Crippen LogP contribution in [0.1, 0.15) is 33.1 Å². The summed E-state index contributed by atoms with van der Waals surface area (Å²) in [5.74, 6) is -0.816. The number of nitrogens with zero attached hydrogens (tertiary/aromatic N) is 1. The Labute approximate surface area is 95.4 Å². The van der Waals surface area contributed by atoms with Gasteiger partial charge in [-0.2, -0.15) is 0 Å². The summed E-state index contributed by atoms with van der Waals surface area (Å²) in [7, 11) is 0. The van der Waals surface area contributed by atoms with Gasteiger partial charge in [0.1, 0.15) is 0 Å². The van der Waals surface area contributed by atoms with Crippen molar-refractivity contribution in [2.24, 2.45) is 5.41 Å². The van der Waals surface area contributed by atoms with Crippen molar-refractivity contribution < 1.29 is 19.4 Å². The molecule has 0 aromatic carbocycles. The second kappa shape index (κ2) is 5.18. The van der Waals surface area contributed by atoms with Crippen molar-refractivity contribution in [2.45, 2.75) is 33.1 Å². The minimum Gasteiger partial charge on any atom is -0.481 e. The van der Waals surface area contributed by atoms with Crippen LogP contribution in [-0.2, 0) is 9.53 Å². The zero-order chi connectivity index (χ0) is 12.2. The first-order chi connectivity index (χ1) is 7.55. The first-order valence-electron chi connectivity index (χ1n) is 5.71. The minimum atomic E-state index is -0.816. The smallest absolute Gasteiger partial charge is 0.409 e. The molecule has 0 aromatic rings. The number of carbonyl (C=O) groups is 2. The molecule has 1 heterocycles. The first-order valence-corrected chi connectivity index (χ1v) is 5.71. The van der Waals surface area contributed by atoms with Gasteiger partial charge >= 0.3 is 12.1 Å². The lowest BCUT2D eigenvalue weighted by Gasteiger charge is -2.38. The normalized spacial score (nSPS) is 25.2. The summed E-state index contributed by atoms with van der Waals surface area (Å²) in [5, 5.41) is 9.24. The van der Waals surface area contributed by atoms with Gasteiger partial charge in [0.05, 0.1) is 12.0 Å². The monoisotopic (exact) mass is 229 g/mol. The number of carbonyl (C=O) groups excluding carboxylic acids is 1. The third-order valence-electron chi connectivity index (χ3n) is 3.23. The fourth-order valence-electron chi connectivity index (χ4n) is 2.12. The molecule has 1 unspecified atom stereocenters. The molecule has 0 saturated carbocycles. The summed E-state index contributed by atoms with van der Waals surface area (Å²) in [6, 6.07) is 0. The molecule has 0 aliphatic carbocycles. The highest BCUT2D eigenvalue weighted by Gasteiger charge is 2.42. The van der Waals surface area contributed by atoms with Gasteiger partial charge in [-0.3, -0.25) is 4.79 Å².